The zero-order valence-electron chi connectivity index (χ0n) is 17.4. The highest BCUT2D eigenvalue weighted by Crippen LogP contribution is 2.20. The molecule has 1 aromatic heterocycles. The first-order valence-electron chi connectivity index (χ1n) is 10.1. The van der Waals surface area contributed by atoms with Gasteiger partial charge in [-0.1, -0.05) is 41.9 Å². The monoisotopic (exact) mass is 465 g/mol. The SMILES string of the molecule is COc1ccccc1-n1c(=O)/c(=C\c2ccccc2Cl)s/c1=C(/C#N)C(=O)N1CCCC1. The normalized spacial score (nSPS) is 14.9. The predicted molar refractivity (Wildman–Crippen MR) is 126 cm³/mol. The minimum absolute atomic E-state index is 0.0567. The van der Waals surface area contributed by atoms with E-state index in [4.69, 9.17) is 16.3 Å². The van der Waals surface area contributed by atoms with E-state index in [2.05, 4.69) is 6.07 Å². The van der Waals surface area contributed by atoms with Gasteiger partial charge in [0, 0.05) is 18.1 Å². The number of methoxy groups -OCH3 is 1. The highest BCUT2D eigenvalue weighted by Gasteiger charge is 2.25. The van der Waals surface area contributed by atoms with Gasteiger partial charge in [0.05, 0.1) is 17.3 Å². The average Bonchev–Trinajstić information content (AvgIpc) is 3.45. The standard InChI is InChI=1S/C24H20ClN3O3S/c1-31-20-11-5-4-10-19(20)28-23(30)21(14-16-8-2-3-9-18(16)25)32-24(28)17(15-26)22(29)27-12-6-7-13-27/h2-5,8-11,14H,6-7,12-13H2,1H3/b21-14+,24-17-. The molecule has 0 radical (unpaired) electrons. The number of nitriles is 1. The maximum Gasteiger partial charge on any atom is 0.273 e. The van der Waals surface area contributed by atoms with Gasteiger partial charge in [-0.25, -0.2) is 0 Å². The smallest absolute Gasteiger partial charge is 0.273 e. The van der Waals surface area contributed by atoms with Crippen molar-refractivity contribution >= 4 is 40.5 Å². The summed E-state index contributed by atoms with van der Waals surface area (Å²) in [5.41, 5.74) is 0.734. The molecule has 2 heterocycles. The minimum Gasteiger partial charge on any atom is -0.495 e. The molecule has 1 amide bonds. The van der Waals surface area contributed by atoms with E-state index < -0.39 is 0 Å². The van der Waals surface area contributed by atoms with Crippen LogP contribution in [0.4, 0.5) is 0 Å². The number of halogens is 1. The van der Waals surface area contributed by atoms with Crippen LogP contribution in [0.3, 0.4) is 0 Å². The molecule has 0 aliphatic carbocycles. The molecule has 1 saturated heterocycles. The number of nitrogens with zero attached hydrogens (tertiary/aromatic N) is 3. The van der Waals surface area contributed by atoms with Gasteiger partial charge >= 0.3 is 0 Å². The van der Waals surface area contributed by atoms with Gasteiger partial charge in [0.2, 0.25) is 0 Å². The average molecular weight is 466 g/mol. The first-order valence-corrected chi connectivity index (χ1v) is 11.3. The van der Waals surface area contributed by atoms with E-state index in [-0.39, 0.29) is 21.7 Å². The van der Waals surface area contributed by atoms with Gasteiger partial charge in [0.25, 0.3) is 11.5 Å². The summed E-state index contributed by atoms with van der Waals surface area (Å²) in [6.07, 6.45) is 3.49. The van der Waals surface area contributed by atoms with Crippen LogP contribution in [0, 0.1) is 11.3 Å². The Kier molecular flexibility index (Phi) is 6.45. The minimum atomic E-state index is -0.362. The van der Waals surface area contributed by atoms with E-state index in [1.807, 2.05) is 12.1 Å². The van der Waals surface area contributed by atoms with Gasteiger partial charge in [0.15, 0.2) is 5.57 Å². The van der Waals surface area contributed by atoms with Crippen LogP contribution in [-0.4, -0.2) is 35.6 Å². The van der Waals surface area contributed by atoms with Gasteiger partial charge < -0.3 is 9.64 Å². The first kappa shape index (κ1) is 21.9. The fourth-order valence-corrected chi connectivity index (χ4v) is 4.95. The Morgan fingerprint density at radius 3 is 2.53 bits per heavy atom. The summed E-state index contributed by atoms with van der Waals surface area (Å²) in [5, 5.41) is 10.4. The molecule has 0 N–H and O–H groups in total. The van der Waals surface area contributed by atoms with Gasteiger partial charge in [-0.3, -0.25) is 14.2 Å². The van der Waals surface area contributed by atoms with Crippen molar-refractivity contribution in [2.75, 3.05) is 20.2 Å². The van der Waals surface area contributed by atoms with E-state index in [1.54, 1.807) is 47.4 Å². The Balaban J connectivity index is 2.07. The van der Waals surface area contributed by atoms with Crippen molar-refractivity contribution in [1.29, 1.82) is 5.26 Å². The predicted octanol–water partition coefficient (Wildman–Crippen LogP) is 2.69. The molecule has 32 heavy (non-hydrogen) atoms. The Morgan fingerprint density at radius 2 is 1.84 bits per heavy atom. The largest absolute Gasteiger partial charge is 0.495 e. The topological polar surface area (TPSA) is 75.3 Å². The summed E-state index contributed by atoms with van der Waals surface area (Å²) in [7, 11) is 1.51. The number of benzene rings is 2. The van der Waals surface area contributed by atoms with Gasteiger partial charge in [0.1, 0.15) is 16.5 Å². The molecule has 4 rings (SSSR count). The summed E-state index contributed by atoms with van der Waals surface area (Å²) in [4.78, 5) is 28.3. The molecule has 8 heteroatoms. The number of hydrogen-bond donors (Lipinski definition) is 0. The van der Waals surface area contributed by atoms with Crippen molar-refractivity contribution in [1.82, 2.24) is 9.47 Å². The molecule has 0 spiro atoms. The number of hydrogen-bond acceptors (Lipinski definition) is 5. The number of aromatic nitrogens is 1. The molecule has 162 valence electrons. The van der Waals surface area contributed by atoms with E-state index in [0.29, 0.717) is 39.6 Å². The highest BCUT2D eigenvalue weighted by molar-refractivity contribution is 7.07. The molecule has 1 aliphatic rings. The third-order valence-corrected chi connectivity index (χ3v) is 6.71. The fourth-order valence-electron chi connectivity index (χ4n) is 3.68. The molecular weight excluding hydrogens is 446 g/mol. The lowest BCUT2D eigenvalue weighted by Crippen LogP contribution is -2.35. The summed E-state index contributed by atoms with van der Waals surface area (Å²) in [6, 6.07) is 16.3. The number of carbonyl (C=O) groups is 1. The van der Waals surface area contributed by atoms with Crippen molar-refractivity contribution < 1.29 is 9.53 Å². The van der Waals surface area contributed by atoms with Crippen molar-refractivity contribution in [3.05, 3.63) is 78.7 Å². The van der Waals surface area contributed by atoms with Crippen molar-refractivity contribution in [2.24, 2.45) is 0 Å². The fraction of sp³-hybridized carbons (Fsp3) is 0.208. The molecule has 0 unspecified atom stereocenters. The molecule has 6 nitrogen and oxygen atoms in total. The van der Waals surface area contributed by atoms with Crippen LogP contribution in [-0.2, 0) is 4.79 Å². The quantitative estimate of drug-likeness (QED) is 0.593. The number of rotatable bonds is 4. The second-order valence-electron chi connectivity index (χ2n) is 7.24. The molecule has 0 atom stereocenters. The van der Waals surface area contributed by atoms with Crippen LogP contribution in [0.15, 0.2) is 53.3 Å². The molecule has 1 fully saturated rings. The van der Waals surface area contributed by atoms with Crippen molar-refractivity contribution in [2.45, 2.75) is 12.8 Å². The second kappa shape index (κ2) is 9.43. The van der Waals surface area contributed by atoms with Crippen LogP contribution in [0.1, 0.15) is 18.4 Å². The third kappa shape index (κ3) is 4.07. The van der Waals surface area contributed by atoms with Crippen LogP contribution in [0.2, 0.25) is 5.02 Å². The van der Waals surface area contributed by atoms with Gasteiger partial charge in [-0.2, -0.15) is 5.26 Å². The van der Waals surface area contributed by atoms with E-state index in [9.17, 15) is 14.9 Å². The lowest BCUT2D eigenvalue weighted by Gasteiger charge is -2.14. The number of amides is 1. The molecule has 0 saturated carbocycles. The van der Waals surface area contributed by atoms with Gasteiger partial charge in [-0.15, -0.1) is 11.3 Å². The van der Waals surface area contributed by atoms with E-state index in [1.165, 1.54) is 11.7 Å². The van der Waals surface area contributed by atoms with Crippen LogP contribution >= 0.6 is 22.9 Å². The number of thiazole rings is 1. The first-order chi connectivity index (χ1) is 15.5. The zero-order chi connectivity index (χ0) is 22.7. The lowest BCUT2D eigenvalue weighted by atomic mass is 10.2. The Bertz CT molecular complexity index is 1390. The lowest BCUT2D eigenvalue weighted by molar-refractivity contribution is -0.123. The number of carbonyl (C=O) groups excluding carboxylic acids is 1. The molecule has 3 aromatic rings. The van der Waals surface area contributed by atoms with Crippen molar-refractivity contribution in [3.63, 3.8) is 0 Å². The number of para-hydroxylation sites is 2. The summed E-state index contributed by atoms with van der Waals surface area (Å²) in [5.74, 6) is 0.100. The second-order valence-corrected chi connectivity index (χ2v) is 8.67. The molecule has 2 aromatic carbocycles. The molecular formula is C24H20ClN3O3S. The maximum absolute atomic E-state index is 13.5. The summed E-state index contributed by atoms with van der Waals surface area (Å²) >= 11 is 7.39. The van der Waals surface area contributed by atoms with E-state index in [0.717, 1.165) is 24.2 Å². The zero-order valence-corrected chi connectivity index (χ0v) is 18.9. The Morgan fingerprint density at radius 1 is 1.16 bits per heavy atom. The van der Waals surface area contributed by atoms with E-state index >= 15 is 0 Å². The molecule has 1 aliphatic heterocycles. The molecule has 0 bridgehead atoms. The number of ether oxygens (including phenoxy) is 1. The van der Waals surface area contributed by atoms with Gasteiger partial charge in [-0.05, 0) is 42.7 Å². The summed E-state index contributed by atoms with van der Waals surface area (Å²) < 4.78 is 7.48. The van der Waals surface area contributed by atoms with Crippen LogP contribution in [0.5, 0.6) is 5.75 Å². The maximum atomic E-state index is 13.5. The number of likely N-dealkylation sites (tertiary alicyclic amines) is 1. The van der Waals surface area contributed by atoms with Crippen LogP contribution in [0.25, 0.3) is 17.3 Å². The third-order valence-electron chi connectivity index (χ3n) is 5.27. The Hall–Kier alpha value is -3.34. The summed E-state index contributed by atoms with van der Waals surface area (Å²) in [6.45, 7) is 1.21. The Labute approximate surface area is 193 Å². The van der Waals surface area contributed by atoms with Crippen molar-refractivity contribution in [3.8, 4) is 17.5 Å². The van der Waals surface area contributed by atoms with Crippen LogP contribution < -0.4 is 19.5 Å². The highest BCUT2D eigenvalue weighted by atomic mass is 35.5.